The van der Waals surface area contributed by atoms with Crippen molar-refractivity contribution in [3.63, 3.8) is 0 Å². The summed E-state index contributed by atoms with van der Waals surface area (Å²) in [5.74, 6) is -0.276. The molecule has 1 aliphatic rings. The molecule has 0 bridgehead atoms. The molecule has 0 saturated heterocycles. The summed E-state index contributed by atoms with van der Waals surface area (Å²) in [7, 11) is 0. The topological polar surface area (TPSA) is 136 Å². The summed E-state index contributed by atoms with van der Waals surface area (Å²) in [6.45, 7) is 2.11. The molecule has 0 heterocycles. The van der Waals surface area contributed by atoms with E-state index in [9.17, 15) is 25.2 Å². The molecule has 0 spiro atoms. The van der Waals surface area contributed by atoms with E-state index in [1.54, 1.807) is 0 Å². The van der Waals surface area contributed by atoms with Gasteiger partial charge in [-0.15, -0.1) is 12.4 Å². The third kappa shape index (κ3) is 5.64. The number of unbranched alkanes of at least 4 members (excludes halogenated alkanes) is 4. The molecule has 0 aromatic carbocycles. The number of amides is 1. The molecule has 22 heavy (non-hydrogen) atoms. The molecular formula is C14H29ClN2O5. The van der Waals surface area contributed by atoms with Crippen LogP contribution in [0.4, 0.5) is 0 Å². The van der Waals surface area contributed by atoms with Gasteiger partial charge in [0, 0.05) is 6.42 Å². The molecule has 0 aliphatic heterocycles. The number of nitrogens with two attached hydrogens (primary N) is 1. The number of aliphatic hydroxyl groups excluding tert-OH is 4. The Kier molecular flexibility index (Phi) is 10.1. The van der Waals surface area contributed by atoms with Gasteiger partial charge in [-0.05, 0) is 6.42 Å². The van der Waals surface area contributed by atoms with Gasteiger partial charge in [-0.25, -0.2) is 0 Å². The highest BCUT2D eigenvalue weighted by Crippen LogP contribution is 2.20. The molecule has 0 unspecified atom stereocenters. The fourth-order valence-corrected chi connectivity index (χ4v) is 2.61. The quantitative estimate of drug-likeness (QED) is 0.330. The molecule has 7 N–H and O–H groups in total. The number of nitrogens with one attached hydrogen (secondary N) is 1. The molecule has 0 aromatic rings. The lowest BCUT2D eigenvalue weighted by molar-refractivity contribution is -0.157. The number of rotatable bonds is 7. The zero-order valence-electron chi connectivity index (χ0n) is 12.9. The van der Waals surface area contributed by atoms with Crippen LogP contribution in [0.15, 0.2) is 0 Å². The van der Waals surface area contributed by atoms with E-state index in [1.807, 2.05) is 0 Å². The standard InChI is InChI=1S/C14H28N2O5.ClH/c1-2-3-4-5-6-7-8(17)16-10-9(15)11(18)13(20)14(21)12(10)19;/h9-14,18-21H,2-7,15H2,1H3,(H,16,17);1H/t9-,10+,11-,12-,13+,14+;/m0./s1. The third-order valence-corrected chi connectivity index (χ3v) is 4.06. The van der Waals surface area contributed by atoms with E-state index in [-0.39, 0.29) is 18.3 Å². The fourth-order valence-electron chi connectivity index (χ4n) is 2.61. The van der Waals surface area contributed by atoms with Gasteiger partial charge < -0.3 is 31.5 Å². The minimum absolute atomic E-state index is 0. The first-order valence-electron chi connectivity index (χ1n) is 7.67. The van der Waals surface area contributed by atoms with E-state index < -0.39 is 36.5 Å². The lowest BCUT2D eigenvalue weighted by atomic mass is 9.82. The van der Waals surface area contributed by atoms with Gasteiger partial charge in [0.2, 0.25) is 5.91 Å². The molecule has 6 atom stereocenters. The number of hydrogen-bond acceptors (Lipinski definition) is 6. The van der Waals surface area contributed by atoms with Crippen LogP contribution < -0.4 is 11.1 Å². The maximum Gasteiger partial charge on any atom is 0.220 e. The van der Waals surface area contributed by atoms with E-state index in [2.05, 4.69) is 12.2 Å². The molecule has 7 nitrogen and oxygen atoms in total. The normalized spacial score (nSPS) is 34.8. The van der Waals surface area contributed by atoms with Crippen molar-refractivity contribution >= 4 is 18.3 Å². The zero-order chi connectivity index (χ0) is 16.0. The minimum atomic E-state index is -1.53. The van der Waals surface area contributed by atoms with Crippen LogP contribution in [0.3, 0.4) is 0 Å². The maximum atomic E-state index is 11.8. The van der Waals surface area contributed by atoms with Crippen molar-refractivity contribution in [3.8, 4) is 0 Å². The molecule has 1 saturated carbocycles. The zero-order valence-corrected chi connectivity index (χ0v) is 13.7. The molecule has 1 fully saturated rings. The van der Waals surface area contributed by atoms with E-state index in [1.165, 1.54) is 0 Å². The lowest BCUT2D eigenvalue weighted by Gasteiger charge is -2.42. The number of hydrogen-bond donors (Lipinski definition) is 6. The van der Waals surface area contributed by atoms with Crippen LogP contribution in [0.1, 0.15) is 45.4 Å². The average molecular weight is 341 g/mol. The summed E-state index contributed by atoms with van der Waals surface area (Å²) in [6.07, 6.45) is -0.458. The summed E-state index contributed by atoms with van der Waals surface area (Å²) >= 11 is 0. The molecular weight excluding hydrogens is 312 g/mol. The summed E-state index contributed by atoms with van der Waals surface area (Å²) in [5, 5.41) is 41.2. The van der Waals surface area contributed by atoms with Crippen LogP contribution >= 0.6 is 12.4 Å². The highest BCUT2D eigenvalue weighted by molar-refractivity contribution is 5.85. The Bertz CT molecular complexity index is 318. The van der Waals surface area contributed by atoms with E-state index in [4.69, 9.17) is 5.73 Å². The number of carbonyl (C=O) groups is 1. The first-order valence-corrected chi connectivity index (χ1v) is 7.67. The Labute approximate surface area is 137 Å². The summed E-state index contributed by atoms with van der Waals surface area (Å²) in [4.78, 5) is 11.8. The average Bonchev–Trinajstić information content (AvgIpc) is 2.47. The van der Waals surface area contributed by atoms with Gasteiger partial charge in [-0.1, -0.05) is 32.6 Å². The van der Waals surface area contributed by atoms with Crippen molar-refractivity contribution < 1.29 is 25.2 Å². The van der Waals surface area contributed by atoms with Crippen molar-refractivity contribution in [2.24, 2.45) is 5.73 Å². The highest BCUT2D eigenvalue weighted by atomic mass is 35.5. The maximum absolute atomic E-state index is 11.8. The second-order valence-electron chi connectivity index (χ2n) is 5.80. The Morgan fingerprint density at radius 1 is 0.955 bits per heavy atom. The van der Waals surface area contributed by atoms with Crippen LogP contribution in [0.2, 0.25) is 0 Å². The van der Waals surface area contributed by atoms with Gasteiger partial charge in [0.25, 0.3) is 0 Å². The minimum Gasteiger partial charge on any atom is -0.389 e. The smallest absolute Gasteiger partial charge is 0.220 e. The lowest BCUT2D eigenvalue weighted by Crippen LogP contribution is -2.70. The van der Waals surface area contributed by atoms with Crippen molar-refractivity contribution in [2.45, 2.75) is 81.9 Å². The van der Waals surface area contributed by atoms with Gasteiger partial charge >= 0.3 is 0 Å². The molecule has 1 rings (SSSR count). The monoisotopic (exact) mass is 340 g/mol. The van der Waals surface area contributed by atoms with Gasteiger partial charge in [-0.2, -0.15) is 0 Å². The number of carbonyl (C=O) groups excluding carboxylic acids is 1. The molecule has 1 aliphatic carbocycles. The summed E-state index contributed by atoms with van der Waals surface area (Å²) in [5.41, 5.74) is 5.71. The van der Waals surface area contributed by atoms with Crippen LogP contribution in [0.25, 0.3) is 0 Å². The van der Waals surface area contributed by atoms with Crippen molar-refractivity contribution in [1.29, 1.82) is 0 Å². The second-order valence-corrected chi connectivity index (χ2v) is 5.80. The van der Waals surface area contributed by atoms with Gasteiger partial charge in [0.05, 0.1) is 18.2 Å². The number of halogens is 1. The van der Waals surface area contributed by atoms with Gasteiger partial charge in [0.15, 0.2) is 0 Å². The number of aliphatic hydroxyl groups is 4. The molecule has 1 amide bonds. The predicted octanol–water partition coefficient (Wildman–Crippen LogP) is -0.962. The summed E-state index contributed by atoms with van der Waals surface area (Å²) in [6, 6.07) is -2.00. The van der Waals surface area contributed by atoms with Crippen molar-refractivity contribution in [1.82, 2.24) is 5.32 Å². The largest absolute Gasteiger partial charge is 0.389 e. The Hall–Kier alpha value is -0.440. The highest BCUT2D eigenvalue weighted by Gasteiger charge is 2.47. The molecule has 8 heteroatoms. The summed E-state index contributed by atoms with van der Waals surface area (Å²) < 4.78 is 0. The van der Waals surface area contributed by atoms with E-state index in [0.717, 1.165) is 32.1 Å². The van der Waals surface area contributed by atoms with Crippen LogP contribution in [0.5, 0.6) is 0 Å². The molecule has 132 valence electrons. The van der Waals surface area contributed by atoms with Crippen molar-refractivity contribution in [3.05, 3.63) is 0 Å². The van der Waals surface area contributed by atoms with Gasteiger partial charge in [0.1, 0.15) is 18.3 Å². The van der Waals surface area contributed by atoms with Crippen LogP contribution in [-0.4, -0.2) is 62.8 Å². The van der Waals surface area contributed by atoms with E-state index >= 15 is 0 Å². The van der Waals surface area contributed by atoms with Crippen LogP contribution in [-0.2, 0) is 4.79 Å². The first-order chi connectivity index (χ1) is 9.90. The fraction of sp³-hybridized carbons (Fsp3) is 0.929. The van der Waals surface area contributed by atoms with Crippen LogP contribution in [0, 0.1) is 0 Å². The SMILES string of the molecule is CCCCCCCC(=O)N[C@@H]1[C@H](N)[C@H](O)[C@@H](O)[C@H](O)[C@H]1O.Cl. The second kappa shape index (κ2) is 10.4. The molecule has 0 radical (unpaired) electrons. The van der Waals surface area contributed by atoms with E-state index in [0.29, 0.717) is 6.42 Å². The third-order valence-electron chi connectivity index (χ3n) is 4.06. The predicted molar refractivity (Wildman–Crippen MR) is 84.6 cm³/mol. The Balaban J connectivity index is 0.00000441. The Morgan fingerprint density at radius 3 is 2.09 bits per heavy atom. The molecule has 0 aromatic heterocycles. The van der Waals surface area contributed by atoms with Gasteiger partial charge in [-0.3, -0.25) is 4.79 Å². The Morgan fingerprint density at radius 2 is 1.50 bits per heavy atom. The first kappa shape index (κ1) is 21.6. The van der Waals surface area contributed by atoms with Crippen molar-refractivity contribution in [2.75, 3.05) is 0 Å².